The lowest BCUT2D eigenvalue weighted by molar-refractivity contribution is 0.748. The molecule has 23 heavy (non-hydrogen) atoms. The monoisotopic (exact) mass is 306 g/mol. The van der Waals surface area contributed by atoms with E-state index in [-0.39, 0.29) is 0 Å². The average Bonchev–Trinajstić information content (AvgIpc) is 2.88. The van der Waals surface area contributed by atoms with Gasteiger partial charge in [0, 0.05) is 22.2 Å². The molecule has 1 aromatic heterocycles. The van der Waals surface area contributed by atoms with Gasteiger partial charge in [-0.3, -0.25) is 0 Å². The highest BCUT2D eigenvalue weighted by molar-refractivity contribution is 5.93. The Morgan fingerprint density at radius 2 is 1.78 bits per heavy atom. The summed E-state index contributed by atoms with van der Waals surface area (Å²) < 4.78 is 0. The van der Waals surface area contributed by atoms with E-state index in [1.807, 2.05) is 0 Å². The molecule has 0 bridgehead atoms. The molecule has 0 amide bonds. The van der Waals surface area contributed by atoms with E-state index >= 15 is 0 Å². The van der Waals surface area contributed by atoms with Crippen molar-refractivity contribution >= 4 is 10.9 Å². The van der Waals surface area contributed by atoms with Crippen LogP contribution in [0.3, 0.4) is 0 Å². The second-order valence-corrected chi connectivity index (χ2v) is 6.54. The summed E-state index contributed by atoms with van der Waals surface area (Å²) in [5, 5.41) is 1.36. The van der Waals surface area contributed by atoms with Crippen LogP contribution in [-0.4, -0.2) is 11.5 Å². The van der Waals surface area contributed by atoms with E-state index in [0.29, 0.717) is 0 Å². The van der Waals surface area contributed by atoms with E-state index in [0.717, 1.165) is 25.8 Å². The number of rotatable bonds is 5. The first-order chi connectivity index (χ1) is 11.1. The molecule has 3 aromatic rings. The van der Waals surface area contributed by atoms with Gasteiger partial charge in [0.2, 0.25) is 0 Å². The van der Waals surface area contributed by atoms with Gasteiger partial charge in [0.1, 0.15) is 0 Å². The topological polar surface area (TPSA) is 41.8 Å². The molecule has 3 N–H and O–H groups in total. The third kappa shape index (κ3) is 3.04. The minimum atomic E-state index is 0.764. The van der Waals surface area contributed by atoms with Crippen LogP contribution >= 0.6 is 0 Å². The number of aryl methyl sites for hydroxylation is 4. The molecular formula is C21H26N2. The molecule has 2 aromatic carbocycles. The molecule has 120 valence electrons. The van der Waals surface area contributed by atoms with Crippen LogP contribution in [0.2, 0.25) is 0 Å². The number of H-pyrrole nitrogens is 1. The van der Waals surface area contributed by atoms with Crippen molar-refractivity contribution in [2.75, 3.05) is 6.54 Å². The SMILES string of the molecule is Cc1ccc(-c2[nH]c3c(C)cccc3c2CCCCN)c(C)c1. The molecule has 0 aliphatic heterocycles. The maximum absolute atomic E-state index is 5.69. The summed E-state index contributed by atoms with van der Waals surface area (Å²) in [4.78, 5) is 3.70. The molecule has 0 aliphatic carbocycles. The highest BCUT2D eigenvalue weighted by atomic mass is 14.7. The number of para-hydroxylation sites is 1. The Kier molecular flexibility index (Phi) is 4.53. The first kappa shape index (κ1) is 15.8. The summed E-state index contributed by atoms with van der Waals surface area (Å²) >= 11 is 0. The van der Waals surface area contributed by atoms with Gasteiger partial charge in [-0.25, -0.2) is 0 Å². The summed E-state index contributed by atoms with van der Waals surface area (Å²) in [5.41, 5.74) is 14.9. The molecule has 0 saturated carbocycles. The fraction of sp³-hybridized carbons (Fsp3) is 0.333. The number of benzene rings is 2. The second-order valence-electron chi connectivity index (χ2n) is 6.54. The van der Waals surface area contributed by atoms with Crippen molar-refractivity contribution in [3.05, 3.63) is 58.7 Å². The number of nitrogens with two attached hydrogens (primary N) is 1. The highest BCUT2D eigenvalue weighted by Crippen LogP contribution is 2.34. The predicted molar refractivity (Wildman–Crippen MR) is 99.9 cm³/mol. The number of hydrogen-bond acceptors (Lipinski definition) is 1. The van der Waals surface area contributed by atoms with E-state index in [1.165, 1.54) is 44.4 Å². The number of aromatic nitrogens is 1. The number of hydrogen-bond donors (Lipinski definition) is 2. The summed E-state index contributed by atoms with van der Waals surface area (Å²) in [6.45, 7) is 7.28. The molecule has 2 heteroatoms. The zero-order valence-electron chi connectivity index (χ0n) is 14.4. The Morgan fingerprint density at radius 3 is 2.52 bits per heavy atom. The molecule has 0 saturated heterocycles. The Morgan fingerprint density at radius 1 is 0.957 bits per heavy atom. The number of unbranched alkanes of at least 4 members (excludes halogenated alkanes) is 1. The quantitative estimate of drug-likeness (QED) is 0.637. The lowest BCUT2D eigenvalue weighted by Crippen LogP contribution is -1.99. The first-order valence-electron chi connectivity index (χ1n) is 8.49. The van der Waals surface area contributed by atoms with E-state index in [2.05, 4.69) is 62.2 Å². The lowest BCUT2D eigenvalue weighted by atomic mass is 9.96. The summed E-state index contributed by atoms with van der Waals surface area (Å²) in [6, 6.07) is 13.3. The zero-order chi connectivity index (χ0) is 16.4. The molecule has 3 rings (SSSR count). The van der Waals surface area contributed by atoms with Gasteiger partial charge in [-0.2, -0.15) is 0 Å². The third-order valence-electron chi connectivity index (χ3n) is 4.68. The Labute approximate surface area is 138 Å². The van der Waals surface area contributed by atoms with Crippen molar-refractivity contribution in [2.45, 2.75) is 40.0 Å². The fourth-order valence-corrected chi connectivity index (χ4v) is 3.45. The highest BCUT2D eigenvalue weighted by Gasteiger charge is 2.15. The summed E-state index contributed by atoms with van der Waals surface area (Å²) in [7, 11) is 0. The van der Waals surface area contributed by atoms with Crippen LogP contribution in [0, 0.1) is 20.8 Å². The molecule has 1 heterocycles. The van der Waals surface area contributed by atoms with Crippen molar-refractivity contribution in [3.63, 3.8) is 0 Å². The summed E-state index contributed by atoms with van der Waals surface area (Å²) in [5.74, 6) is 0. The minimum absolute atomic E-state index is 0.764. The molecule has 0 atom stereocenters. The first-order valence-corrected chi connectivity index (χ1v) is 8.49. The second kappa shape index (κ2) is 6.59. The van der Waals surface area contributed by atoms with Crippen LogP contribution in [0.25, 0.3) is 22.2 Å². The van der Waals surface area contributed by atoms with Gasteiger partial charge in [-0.15, -0.1) is 0 Å². The van der Waals surface area contributed by atoms with Crippen LogP contribution in [0.4, 0.5) is 0 Å². The fourth-order valence-electron chi connectivity index (χ4n) is 3.45. The largest absolute Gasteiger partial charge is 0.354 e. The van der Waals surface area contributed by atoms with Crippen molar-refractivity contribution < 1.29 is 0 Å². The van der Waals surface area contributed by atoms with Gasteiger partial charge in [-0.05, 0) is 63.3 Å². The maximum Gasteiger partial charge on any atom is 0.0500 e. The molecule has 0 radical (unpaired) electrons. The van der Waals surface area contributed by atoms with Crippen LogP contribution in [0.5, 0.6) is 0 Å². The molecule has 0 fully saturated rings. The smallest absolute Gasteiger partial charge is 0.0500 e. The van der Waals surface area contributed by atoms with Gasteiger partial charge >= 0.3 is 0 Å². The van der Waals surface area contributed by atoms with Crippen molar-refractivity contribution in [3.8, 4) is 11.3 Å². The van der Waals surface area contributed by atoms with Crippen LogP contribution < -0.4 is 5.73 Å². The number of nitrogens with one attached hydrogen (secondary N) is 1. The molecule has 0 spiro atoms. The Balaban J connectivity index is 2.17. The van der Waals surface area contributed by atoms with E-state index in [1.54, 1.807) is 0 Å². The number of aromatic amines is 1. The van der Waals surface area contributed by atoms with Crippen molar-refractivity contribution in [1.82, 2.24) is 4.98 Å². The third-order valence-corrected chi connectivity index (χ3v) is 4.68. The maximum atomic E-state index is 5.69. The van der Waals surface area contributed by atoms with E-state index in [4.69, 9.17) is 5.73 Å². The van der Waals surface area contributed by atoms with Gasteiger partial charge in [-0.1, -0.05) is 42.0 Å². The van der Waals surface area contributed by atoms with E-state index in [9.17, 15) is 0 Å². The molecule has 0 aliphatic rings. The molecule has 0 unspecified atom stereocenters. The Bertz CT molecular complexity index is 827. The van der Waals surface area contributed by atoms with Gasteiger partial charge in [0.15, 0.2) is 0 Å². The van der Waals surface area contributed by atoms with Crippen molar-refractivity contribution in [2.24, 2.45) is 5.73 Å². The van der Waals surface area contributed by atoms with Gasteiger partial charge < -0.3 is 10.7 Å². The van der Waals surface area contributed by atoms with Gasteiger partial charge in [0.05, 0.1) is 0 Å². The summed E-state index contributed by atoms with van der Waals surface area (Å²) in [6.07, 6.45) is 3.28. The standard InChI is InChI=1S/C21H26N2/c1-14-10-11-17(16(3)13-14)21-19(8-4-5-12-22)18-9-6-7-15(2)20(18)23-21/h6-7,9-11,13,23H,4-5,8,12,22H2,1-3H3. The van der Waals surface area contributed by atoms with Crippen LogP contribution in [0.15, 0.2) is 36.4 Å². The van der Waals surface area contributed by atoms with Crippen LogP contribution in [0.1, 0.15) is 35.1 Å². The van der Waals surface area contributed by atoms with Crippen molar-refractivity contribution in [1.29, 1.82) is 0 Å². The van der Waals surface area contributed by atoms with E-state index < -0.39 is 0 Å². The zero-order valence-corrected chi connectivity index (χ0v) is 14.4. The minimum Gasteiger partial charge on any atom is -0.354 e. The van der Waals surface area contributed by atoms with Crippen LogP contribution in [-0.2, 0) is 6.42 Å². The lowest BCUT2D eigenvalue weighted by Gasteiger charge is -2.09. The molecule has 2 nitrogen and oxygen atoms in total. The molecular weight excluding hydrogens is 280 g/mol. The predicted octanol–water partition coefficient (Wildman–Crippen LogP) is 5.04. The normalized spacial score (nSPS) is 11.3. The average molecular weight is 306 g/mol. The van der Waals surface area contributed by atoms with Gasteiger partial charge in [0.25, 0.3) is 0 Å². The number of fused-ring (bicyclic) bond motifs is 1. The Hall–Kier alpha value is -2.06.